The lowest BCUT2D eigenvalue weighted by Crippen LogP contribution is -2.08. The first-order valence-corrected chi connectivity index (χ1v) is 7.63. The number of carbonyl (C=O) groups is 1. The second kappa shape index (κ2) is 6.20. The number of nitrogens with zero attached hydrogens (tertiary/aromatic N) is 3. The SMILES string of the molecule is Cc1ccc(-c2nc(C(=O)O)cn2-c2ccc(N(C)C)cc2)cc1. The molecule has 0 saturated heterocycles. The molecule has 0 radical (unpaired) electrons. The molecule has 2 aromatic carbocycles. The minimum atomic E-state index is -1.04. The van der Waals surface area contributed by atoms with Crippen LogP contribution >= 0.6 is 0 Å². The number of hydrogen-bond donors (Lipinski definition) is 1. The fourth-order valence-corrected chi connectivity index (χ4v) is 2.50. The highest BCUT2D eigenvalue weighted by Crippen LogP contribution is 2.25. The molecule has 1 heterocycles. The van der Waals surface area contributed by atoms with Crippen molar-refractivity contribution in [1.29, 1.82) is 0 Å². The van der Waals surface area contributed by atoms with E-state index in [-0.39, 0.29) is 5.69 Å². The minimum Gasteiger partial charge on any atom is -0.476 e. The van der Waals surface area contributed by atoms with Crippen molar-refractivity contribution in [3.05, 3.63) is 66.0 Å². The standard InChI is InChI=1S/C19H19N3O2/c1-13-4-6-14(7-5-13)18-20-17(19(23)24)12-22(18)16-10-8-15(9-11-16)21(2)3/h4-12H,1-3H3,(H,23,24). The molecule has 0 aliphatic heterocycles. The van der Waals surface area contributed by atoms with Gasteiger partial charge in [-0.1, -0.05) is 29.8 Å². The summed E-state index contributed by atoms with van der Waals surface area (Å²) in [6.45, 7) is 2.01. The van der Waals surface area contributed by atoms with Gasteiger partial charge < -0.3 is 10.0 Å². The third-order valence-corrected chi connectivity index (χ3v) is 3.88. The molecule has 0 atom stereocenters. The van der Waals surface area contributed by atoms with Crippen LogP contribution in [0.25, 0.3) is 17.1 Å². The molecule has 0 aliphatic carbocycles. The van der Waals surface area contributed by atoms with Gasteiger partial charge >= 0.3 is 5.97 Å². The van der Waals surface area contributed by atoms with Gasteiger partial charge in [0, 0.05) is 37.2 Å². The molecule has 0 saturated carbocycles. The zero-order valence-electron chi connectivity index (χ0n) is 13.9. The normalized spacial score (nSPS) is 10.6. The van der Waals surface area contributed by atoms with Crippen molar-refractivity contribution in [2.24, 2.45) is 0 Å². The predicted molar refractivity (Wildman–Crippen MR) is 95.0 cm³/mol. The van der Waals surface area contributed by atoms with Crippen molar-refractivity contribution in [3.63, 3.8) is 0 Å². The van der Waals surface area contributed by atoms with Crippen LogP contribution in [0.5, 0.6) is 0 Å². The number of imidazole rings is 1. The summed E-state index contributed by atoms with van der Waals surface area (Å²) < 4.78 is 1.81. The third kappa shape index (κ3) is 3.01. The van der Waals surface area contributed by atoms with Crippen LogP contribution in [0.3, 0.4) is 0 Å². The lowest BCUT2D eigenvalue weighted by atomic mass is 10.1. The van der Waals surface area contributed by atoms with Gasteiger partial charge in [0.1, 0.15) is 5.82 Å². The molecule has 5 nitrogen and oxygen atoms in total. The molecule has 1 N–H and O–H groups in total. The van der Waals surface area contributed by atoms with Gasteiger partial charge in [0.2, 0.25) is 0 Å². The Bertz CT molecular complexity index is 863. The van der Waals surface area contributed by atoms with Crippen LogP contribution in [0.2, 0.25) is 0 Å². The Kier molecular flexibility index (Phi) is 4.08. The number of hydrogen-bond acceptors (Lipinski definition) is 3. The van der Waals surface area contributed by atoms with E-state index < -0.39 is 5.97 Å². The molecule has 1 aromatic heterocycles. The number of aromatic nitrogens is 2. The van der Waals surface area contributed by atoms with Gasteiger partial charge in [-0.05, 0) is 31.2 Å². The Labute approximate surface area is 140 Å². The minimum absolute atomic E-state index is 0.0299. The highest BCUT2D eigenvalue weighted by Gasteiger charge is 2.16. The summed E-state index contributed by atoms with van der Waals surface area (Å²) >= 11 is 0. The maximum absolute atomic E-state index is 11.3. The average Bonchev–Trinajstić information content (AvgIpc) is 3.01. The first-order valence-electron chi connectivity index (χ1n) is 7.63. The third-order valence-electron chi connectivity index (χ3n) is 3.88. The molecule has 0 amide bonds. The van der Waals surface area contributed by atoms with Crippen molar-refractivity contribution in [2.75, 3.05) is 19.0 Å². The van der Waals surface area contributed by atoms with E-state index in [9.17, 15) is 9.90 Å². The van der Waals surface area contributed by atoms with E-state index in [4.69, 9.17) is 0 Å². The summed E-state index contributed by atoms with van der Waals surface area (Å²) in [5.74, 6) is -0.419. The summed E-state index contributed by atoms with van der Waals surface area (Å²) in [5.41, 5.74) is 4.00. The van der Waals surface area contributed by atoms with Crippen LogP contribution < -0.4 is 4.90 Å². The molecule has 0 aliphatic rings. The molecule has 3 aromatic rings. The van der Waals surface area contributed by atoms with Crippen LogP contribution in [0, 0.1) is 6.92 Å². The summed E-state index contributed by atoms with van der Waals surface area (Å²) in [6.07, 6.45) is 1.56. The fraction of sp³-hybridized carbons (Fsp3) is 0.158. The van der Waals surface area contributed by atoms with Gasteiger partial charge in [-0.15, -0.1) is 0 Å². The summed E-state index contributed by atoms with van der Waals surface area (Å²) in [4.78, 5) is 17.7. The number of anilines is 1. The van der Waals surface area contributed by atoms with Gasteiger partial charge in [-0.2, -0.15) is 0 Å². The van der Waals surface area contributed by atoms with Crippen molar-refractivity contribution < 1.29 is 9.90 Å². The Balaban J connectivity index is 2.12. The molecule has 0 bridgehead atoms. The zero-order chi connectivity index (χ0) is 17.3. The number of carboxylic acid groups (broad SMARTS) is 1. The Hall–Kier alpha value is -3.08. The lowest BCUT2D eigenvalue weighted by molar-refractivity contribution is 0.0691. The van der Waals surface area contributed by atoms with E-state index >= 15 is 0 Å². The molecular weight excluding hydrogens is 302 g/mol. The molecule has 0 fully saturated rings. The average molecular weight is 321 g/mol. The first kappa shape index (κ1) is 15.8. The largest absolute Gasteiger partial charge is 0.476 e. The molecule has 0 spiro atoms. The second-order valence-electron chi connectivity index (χ2n) is 5.90. The van der Waals surface area contributed by atoms with Gasteiger partial charge in [0.15, 0.2) is 5.69 Å². The van der Waals surface area contributed by atoms with Crippen LogP contribution in [0.1, 0.15) is 16.1 Å². The zero-order valence-corrected chi connectivity index (χ0v) is 13.9. The highest BCUT2D eigenvalue weighted by atomic mass is 16.4. The smallest absolute Gasteiger partial charge is 0.356 e. The van der Waals surface area contributed by atoms with Crippen LogP contribution in [0.4, 0.5) is 5.69 Å². The monoisotopic (exact) mass is 321 g/mol. The van der Waals surface area contributed by atoms with Crippen LogP contribution in [-0.2, 0) is 0 Å². The van der Waals surface area contributed by atoms with Crippen molar-refractivity contribution in [3.8, 4) is 17.1 Å². The van der Waals surface area contributed by atoms with E-state index in [0.717, 1.165) is 22.5 Å². The van der Waals surface area contributed by atoms with Gasteiger partial charge in [-0.3, -0.25) is 4.57 Å². The molecule has 3 rings (SSSR count). The Morgan fingerprint density at radius 2 is 1.67 bits per heavy atom. The van der Waals surface area contributed by atoms with Crippen LogP contribution in [0.15, 0.2) is 54.7 Å². The van der Waals surface area contributed by atoms with E-state index in [1.54, 1.807) is 6.20 Å². The number of aromatic carboxylic acids is 1. The lowest BCUT2D eigenvalue weighted by Gasteiger charge is -2.14. The first-order chi connectivity index (χ1) is 11.5. The Morgan fingerprint density at radius 3 is 2.21 bits per heavy atom. The number of rotatable bonds is 4. The number of carboxylic acids is 1. The molecule has 122 valence electrons. The molecule has 24 heavy (non-hydrogen) atoms. The summed E-state index contributed by atoms with van der Waals surface area (Å²) in [6, 6.07) is 15.8. The van der Waals surface area contributed by atoms with E-state index in [1.165, 1.54) is 0 Å². The van der Waals surface area contributed by atoms with Crippen molar-refractivity contribution in [1.82, 2.24) is 9.55 Å². The Morgan fingerprint density at radius 1 is 1.04 bits per heavy atom. The highest BCUT2D eigenvalue weighted by molar-refractivity contribution is 5.86. The van der Waals surface area contributed by atoms with Gasteiger partial charge in [-0.25, -0.2) is 9.78 Å². The van der Waals surface area contributed by atoms with Gasteiger partial charge in [0.25, 0.3) is 0 Å². The van der Waals surface area contributed by atoms with Crippen molar-refractivity contribution in [2.45, 2.75) is 6.92 Å². The van der Waals surface area contributed by atoms with E-state index in [0.29, 0.717) is 5.82 Å². The predicted octanol–water partition coefficient (Wildman–Crippen LogP) is 3.61. The van der Waals surface area contributed by atoms with E-state index in [2.05, 4.69) is 4.98 Å². The maximum atomic E-state index is 11.3. The van der Waals surface area contributed by atoms with E-state index in [1.807, 2.05) is 79.0 Å². The van der Waals surface area contributed by atoms with Gasteiger partial charge in [0.05, 0.1) is 0 Å². The number of benzene rings is 2. The number of aryl methyl sites for hydroxylation is 1. The summed E-state index contributed by atoms with van der Waals surface area (Å²) in [7, 11) is 3.96. The topological polar surface area (TPSA) is 58.4 Å². The fourth-order valence-electron chi connectivity index (χ4n) is 2.50. The summed E-state index contributed by atoms with van der Waals surface area (Å²) in [5, 5.41) is 9.29. The quantitative estimate of drug-likeness (QED) is 0.797. The van der Waals surface area contributed by atoms with Crippen molar-refractivity contribution >= 4 is 11.7 Å². The maximum Gasteiger partial charge on any atom is 0.356 e. The molecule has 5 heteroatoms. The molecular formula is C19H19N3O2. The second-order valence-corrected chi connectivity index (χ2v) is 5.90. The van der Waals surface area contributed by atoms with Crippen LogP contribution in [-0.4, -0.2) is 34.7 Å². The molecule has 0 unspecified atom stereocenters.